The van der Waals surface area contributed by atoms with E-state index in [0.29, 0.717) is 12.3 Å². The van der Waals surface area contributed by atoms with E-state index in [1.165, 1.54) is 7.11 Å². The molecule has 1 aromatic carbocycles. The molecular formula is C18H23NO4. The second kappa shape index (κ2) is 7.83. The fraction of sp³-hybridized carbons (Fsp3) is 0.389. The van der Waals surface area contributed by atoms with Crippen LogP contribution in [0.1, 0.15) is 48.7 Å². The Morgan fingerprint density at radius 3 is 2.70 bits per heavy atom. The Hall–Kier alpha value is -2.27. The van der Waals surface area contributed by atoms with Gasteiger partial charge in [-0.1, -0.05) is 12.1 Å². The van der Waals surface area contributed by atoms with Crippen molar-refractivity contribution in [3.63, 3.8) is 0 Å². The first-order valence-electron chi connectivity index (χ1n) is 7.66. The summed E-state index contributed by atoms with van der Waals surface area (Å²) in [5.41, 5.74) is 1.13. The molecule has 5 nitrogen and oxygen atoms in total. The number of furan rings is 1. The number of methoxy groups -OCH3 is 1. The van der Waals surface area contributed by atoms with Gasteiger partial charge in [-0.05, 0) is 50.6 Å². The molecule has 1 aromatic heterocycles. The molecule has 0 aliphatic heterocycles. The summed E-state index contributed by atoms with van der Waals surface area (Å²) >= 11 is 0. The van der Waals surface area contributed by atoms with Crippen molar-refractivity contribution in [2.24, 2.45) is 0 Å². The van der Waals surface area contributed by atoms with Crippen LogP contribution < -0.4 is 10.1 Å². The molecule has 23 heavy (non-hydrogen) atoms. The smallest absolute Gasteiger partial charge is 0.373 e. The van der Waals surface area contributed by atoms with E-state index in [9.17, 15) is 4.79 Å². The lowest BCUT2D eigenvalue weighted by Gasteiger charge is -2.16. The quantitative estimate of drug-likeness (QED) is 0.789. The molecule has 1 unspecified atom stereocenters. The first-order valence-corrected chi connectivity index (χ1v) is 7.66. The number of hydrogen-bond acceptors (Lipinski definition) is 5. The molecule has 0 radical (unpaired) electrons. The molecule has 0 fully saturated rings. The maximum absolute atomic E-state index is 11.4. The summed E-state index contributed by atoms with van der Waals surface area (Å²) in [6.45, 7) is 6.60. The zero-order valence-corrected chi connectivity index (χ0v) is 14.0. The van der Waals surface area contributed by atoms with Gasteiger partial charge in [-0.25, -0.2) is 4.79 Å². The van der Waals surface area contributed by atoms with Gasteiger partial charge in [-0.3, -0.25) is 0 Å². The summed E-state index contributed by atoms with van der Waals surface area (Å²) < 4.78 is 15.8. The highest BCUT2D eigenvalue weighted by molar-refractivity contribution is 5.86. The van der Waals surface area contributed by atoms with Crippen LogP contribution in [0.5, 0.6) is 5.75 Å². The predicted octanol–water partition coefficient (Wildman–Crippen LogP) is 3.70. The highest BCUT2D eigenvalue weighted by atomic mass is 16.5. The van der Waals surface area contributed by atoms with Crippen LogP contribution in [0.25, 0.3) is 0 Å². The van der Waals surface area contributed by atoms with E-state index in [2.05, 4.69) is 17.0 Å². The lowest BCUT2D eigenvalue weighted by Crippen LogP contribution is -2.18. The molecule has 1 heterocycles. The third kappa shape index (κ3) is 4.86. The van der Waals surface area contributed by atoms with Crippen LogP contribution in [0.4, 0.5) is 0 Å². The average Bonchev–Trinajstić information content (AvgIpc) is 3.00. The van der Waals surface area contributed by atoms with Crippen molar-refractivity contribution in [1.82, 2.24) is 5.32 Å². The van der Waals surface area contributed by atoms with E-state index in [0.717, 1.165) is 11.3 Å². The van der Waals surface area contributed by atoms with Crippen molar-refractivity contribution in [2.75, 3.05) is 7.11 Å². The summed E-state index contributed by atoms with van der Waals surface area (Å²) in [4.78, 5) is 11.4. The molecular weight excluding hydrogens is 294 g/mol. The number of carbonyl (C=O) groups is 1. The van der Waals surface area contributed by atoms with Crippen LogP contribution in [-0.2, 0) is 11.3 Å². The van der Waals surface area contributed by atoms with Gasteiger partial charge in [0.15, 0.2) is 0 Å². The average molecular weight is 317 g/mol. The summed E-state index contributed by atoms with van der Waals surface area (Å²) in [6, 6.07) is 11.5. The van der Waals surface area contributed by atoms with Gasteiger partial charge in [-0.15, -0.1) is 0 Å². The van der Waals surface area contributed by atoms with Crippen molar-refractivity contribution in [2.45, 2.75) is 39.5 Å². The molecule has 0 saturated carbocycles. The maximum Gasteiger partial charge on any atom is 0.373 e. The first kappa shape index (κ1) is 17.1. The fourth-order valence-electron chi connectivity index (χ4n) is 2.18. The SMILES string of the molecule is COC(=O)c1ccc(CNC(C)c2cccc(OC(C)C)c2)o1. The molecule has 0 spiro atoms. The van der Waals surface area contributed by atoms with Gasteiger partial charge < -0.3 is 19.2 Å². The Morgan fingerprint density at radius 1 is 1.22 bits per heavy atom. The zero-order valence-electron chi connectivity index (χ0n) is 14.0. The molecule has 2 rings (SSSR count). The van der Waals surface area contributed by atoms with Crippen molar-refractivity contribution in [1.29, 1.82) is 0 Å². The van der Waals surface area contributed by atoms with Gasteiger partial charge >= 0.3 is 5.97 Å². The second-order valence-electron chi connectivity index (χ2n) is 5.60. The number of carbonyl (C=O) groups excluding carboxylic acids is 1. The molecule has 0 aliphatic carbocycles. The summed E-state index contributed by atoms with van der Waals surface area (Å²) in [5.74, 6) is 1.29. The molecule has 5 heteroatoms. The largest absolute Gasteiger partial charge is 0.491 e. The van der Waals surface area contributed by atoms with Crippen molar-refractivity contribution in [3.8, 4) is 5.75 Å². The van der Waals surface area contributed by atoms with E-state index < -0.39 is 5.97 Å². The number of rotatable bonds is 7. The Bertz CT molecular complexity index is 648. The van der Waals surface area contributed by atoms with E-state index in [1.54, 1.807) is 12.1 Å². The molecule has 1 N–H and O–H groups in total. The van der Waals surface area contributed by atoms with E-state index >= 15 is 0 Å². The van der Waals surface area contributed by atoms with E-state index in [1.807, 2.05) is 38.1 Å². The first-order chi connectivity index (χ1) is 11.0. The summed E-state index contributed by atoms with van der Waals surface area (Å²) in [6.07, 6.45) is 0.147. The molecule has 2 aromatic rings. The normalized spacial score (nSPS) is 12.2. The van der Waals surface area contributed by atoms with E-state index in [-0.39, 0.29) is 17.9 Å². The monoisotopic (exact) mass is 317 g/mol. The van der Waals surface area contributed by atoms with Gasteiger partial charge in [0.25, 0.3) is 0 Å². The zero-order chi connectivity index (χ0) is 16.8. The minimum absolute atomic E-state index is 0.123. The third-order valence-corrected chi connectivity index (χ3v) is 3.36. The van der Waals surface area contributed by atoms with Crippen molar-refractivity contribution < 1.29 is 18.7 Å². The highest BCUT2D eigenvalue weighted by Gasteiger charge is 2.12. The topological polar surface area (TPSA) is 60.7 Å². The van der Waals surface area contributed by atoms with Gasteiger partial charge in [0.05, 0.1) is 19.8 Å². The predicted molar refractivity (Wildman–Crippen MR) is 87.5 cm³/mol. The highest BCUT2D eigenvalue weighted by Crippen LogP contribution is 2.20. The number of ether oxygens (including phenoxy) is 2. The maximum atomic E-state index is 11.4. The van der Waals surface area contributed by atoms with Crippen LogP contribution in [0, 0.1) is 0 Å². The van der Waals surface area contributed by atoms with Crippen molar-refractivity contribution in [3.05, 3.63) is 53.5 Å². The van der Waals surface area contributed by atoms with Gasteiger partial charge in [0, 0.05) is 6.04 Å². The third-order valence-electron chi connectivity index (χ3n) is 3.36. The number of nitrogens with one attached hydrogen (secondary N) is 1. The molecule has 1 atom stereocenters. The van der Waals surface area contributed by atoms with Gasteiger partial charge in [0.1, 0.15) is 11.5 Å². The van der Waals surface area contributed by atoms with Gasteiger partial charge in [0.2, 0.25) is 5.76 Å². The van der Waals surface area contributed by atoms with Crippen molar-refractivity contribution >= 4 is 5.97 Å². The number of benzene rings is 1. The van der Waals surface area contributed by atoms with Crippen LogP contribution in [0.15, 0.2) is 40.8 Å². The number of esters is 1. The van der Waals surface area contributed by atoms with Crippen LogP contribution in [0.2, 0.25) is 0 Å². The van der Waals surface area contributed by atoms with Gasteiger partial charge in [-0.2, -0.15) is 0 Å². The summed E-state index contributed by atoms with van der Waals surface area (Å²) in [7, 11) is 1.33. The Labute approximate surface area is 136 Å². The molecule has 124 valence electrons. The lowest BCUT2D eigenvalue weighted by atomic mass is 10.1. The Balaban J connectivity index is 1.95. The fourth-order valence-corrected chi connectivity index (χ4v) is 2.18. The van der Waals surface area contributed by atoms with Crippen LogP contribution in [0.3, 0.4) is 0 Å². The molecule has 0 amide bonds. The van der Waals surface area contributed by atoms with Crippen LogP contribution in [-0.4, -0.2) is 19.2 Å². The van der Waals surface area contributed by atoms with E-state index in [4.69, 9.17) is 9.15 Å². The molecule has 0 saturated heterocycles. The second-order valence-corrected chi connectivity index (χ2v) is 5.60. The molecule has 0 aliphatic rings. The summed E-state index contributed by atoms with van der Waals surface area (Å²) in [5, 5.41) is 3.36. The Kier molecular flexibility index (Phi) is 5.82. The Morgan fingerprint density at radius 2 is 2.00 bits per heavy atom. The minimum atomic E-state index is -0.470. The standard InChI is InChI=1S/C18H23NO4/c1-12(2)22-15-7-5-6-14(10-15)13(3)19-11-16-8-9-17(23-16)18(20)21-4/h5-10,12-13,19H,11H2,1-4H3. The minimum Gasteiger partial charge on any atom is -0.491 e. The number of hydrogen-bond donors (Lipinski definition) is 1. The van der Waals surface area contributed by atoms with Crippen LogP contribution >= 0.6 is 0 Å². The lowest BCUT2D eigenvalue weighted by molar-refractivity contribution is 0.0563. The molecule has 0 bridgehead atoms.